The van der Waals surface area contributed by atoms with E-state index < -0.39 is 16.1 Å². The fraction of sp³-hybridized carbons (Fsp3) is 0.269. The zero-order chi connectivity index (χ0) is 23.3. The van der Waals surface area contributed by atoms with Crippen LogP contribution in [-0.2, 0) is 27.8 Å². The minimum absolute atomic E-state index is 0.229. The van der Waals surface area contributed by atoms with Crippen molar-refractivity contribution >= 4 is 15.9 Å². The van der Waals surface area contributed by atoms with E-state index in [1.165, 1.54) is 0 Å². The number of rotatable bonds is 8. The van der Waals surface area contributed by atoms with Gasteiger partial charge in [0.2, 0.25) is 15.9 Å². The Balaban J connectivity index is 1.85. The predicted molar refractivity (Wildman–Crippen MR) is 128 cm³/mol. The van der Waals surface area contributed by atoms with Gasteiger partial charge < -0.3 is 5.32 Å². The topological polar surface area (TPSA) is 75.3 Å². The van der Waals surface area contributed by atoms with Crippen molar-refractivity contribution in [2.24, 2.45) is 0 Å². The molecule has 3 aromatic rings. The summed E-state index contributed by atoms with van der Waals surface area (Å²) in [6.45, 7) is 7.81. The summed E-state index contributed by atoms with van der Waals surface area (Å²) in [7, 11) is -3.90. The monoisotopic (exact) mass is 450 g/mol. The lowest BCUT2D eigenvalue weighted by Crippen LogP contribution is -2.48. The van der Waals surface area contributed by atoms with Crippen LogP contribution >= 0.6 is 0 Å². The maximum atomic E-state index is 13.3. The maximum Gasteiger partial charge on any atom is 0.241 e. The Hall–Kier alpha value is -2.96. The Labute approximate surface area is 190 Å². The van der Waals surface area contributed by atoms with Gasteiger partial charge in [0.05, 0.1) is 4.90 Å². The van der Waals surface area contributed by atoms with Crippen molar-refractivity contribution < 1.29 is 13.2 Å². The minimum atomic E-state index is -3.90. The zero-order valence-corrected chi connectivity index (χ0v) is 19.8. The van der Waals surface area contributed by atoms with E-state index in [-0.39, 0.29) is 17.2 Å². The van der Waals surface area contributed by atoms with E-state index in [2.05, 4.69) is 10.0 Å². The highest BCUT2D eigenvalue weighted by atomic mass is 32.2. The van der Waals surface area contributed by atoms with Gasteiger partial charge in [-0.1, -0.05) is 77.9 Å². The summed E-state index contributed by atoms with van der Waals surface area (Å²) in [6, 6.07) is 20.0. The number of hydrogen-bond acceptors (Lipinski definition) is 3. The largest absolute Gasteiger partial charge is 0.351 e. The number of benzene rings is 3. The van der Waals surface area contributed by atoms with Gasteiger partial charge in [-0.15, -0.1) is 0 Å². The molecule has 0 fully saturated rings. The average Bonchev–Trinajstić information content (AvgIpc) is 2.72. The quantitative estimate of drug-likeness (QED) is 0.542. The number of nitrogens with one attached hydrogen (secondary N) is 2. The SMILES string of the molecule is Cc1ccc(CNC(=O)[C@H](Cc2ccccc2)NS(=O)(=O)c2c(C)cc(C)cc2C)cc1. The molecule has 0 aromatic heterocycles. The van der Waals surface area contributed by atoms with E-state index in [1.54, 1.807) is 13.8 Å². The van der Waals surface area contributed by atoms with Gasteiger partial charge >= 0.3 is 0 Å². The van der Waals surface area contributed by atoms with Gasteiger partial charge in [0, 0.05) is 6.54 Å². The van der Waals surface area contributed by atoms with Crippen molar-refractivity contribution in [3.05, 3.63) is 100 Å². The zero-order valence-electron chi connectivity index (χ0n) is 19.0. The Bertz CT molecular complexity index is 1160. The summed E-state index contributed by atoms with van der Waals surface area (Å²) in [5.74, 6) is -0.361. The fourth-order valence-electron chi connectivity index (χ4n) is 3.89. The van der Waals surface area contributed by atoms with Crippen LogP contribution in [0.1, 0.15) is 33.4 Å². The predicted octanol–water partition coefficient (Wildman–Crippen LogP) is 4.13. The molecule has 0 saturated carbocycles. The van der Waals surface area contributed by atoms with Crippen molar-refractivity contribution in [3.8, 4) is 0 Å². The molecule has 0 radical (unpaired) electrons. The van der Waals surface area contributed by atoms with E-state index in [9.17, 15) is 13.2 Å². The van der Waals surface area contributed by atoms with Crippen LogP contribution in [0.5, 0.6) is 0 Å². The molecule has 0 saturated heterocycles. The third-order valence-electron chi connectivity index (χ3n) is 5.36. The average molecular weight is 451 g/mol. The molecule has 1 amide bonds. The Morgan fingerprint density at radius 2 is 1.41 bits per heavy atom. The molecule has 168 valence electrons. The highest BCUT2D eigenvalue weighted by Gasteiger charge is 2.28. The van der Waals surface area contributed by atoms with E-state index in [0.717, 1.165) is 22.3 Å². The third kappa shape index (κ3) is 6.05. The molecule has 32 heavy (non-hydrogen) atoms. The summed E-state index contributed by atoms with van der Waals surface area (Å²) in [5.41, 5.74) is 5.29. The molecule has 3 aromatic carbocycles. The normalized spacial score (nSPS) is 12.4. The van der Waals surface area contributed by atoms with Gasteiger partial charge in [0.1, 0.15) is 6.04 Å². The smallest absolute Gasteiger partial charge is 0.241 e. The molecule has 6 heteroatoms. The Morgan fingerprint density at radius 3 is 2.00 bits per heavy atom. The van der Waals surface area contributed by atoms with E-state index in [0.29, 0.717) is 17.7 Å². The van der Waals surface area contributed by atoms with Crippen molar-refractivity contribution in [1.82, 2.24) is 10.0 Å². The fourth-order valence-corrected chi connectivity index (χ4v) is 5.54. The molecule has 0 aliphatic rings. The van der Waals surface area contributed by atoms with Crippen LogP contribution in [0.15, 0.2) is 71.6 Å². The van der Waals surface area contributed by atoms with Crippen molar-refractivity contribution in [2.45, 2.75) is 51.6 Å². The summed E-state index contributed by atoms with van der Waals surface area (Å²) in [5, 5.41) is 2.89. The molecule has 0 heterocycles. The lowest BCUT2D eigenvalue weighted by molar-refractivity contribution is -0.122. The van der Waals surface area contributed by atoms with Gasteiger partial charge in [-0.3, -0.25) is 4.79 Å². The number of carbonyl (C=O) groups is 1. The minimum Gasteiger partial charge on any atom is -0.351 e. The van der Waals surface area contributed by atoms with E-state index in [1.807, 2.05) is 80.6 Å². The summed E-state index contributed by atoms with van der Waals surface area (Å²) in [4.78, 5) is 13.3. The third-order valence-corrected chi connectivity index (χ3v) is 7.13. The van der Waals surface area contributed by atoms with Gasteiger partial charge in [0.15, 0.2) is 0 Å². The molecule has 1 atom stereocenters. The lowest BCUT2D eigenvalue weighted by Gasteiger charge is -2.21. The number of amides is 1. The highest BCUT2D eigenvalue weighted by Crippen LogP contribution is 2.22. The van der Waals surface area contributed by atoms with Crippen molar-refractivity contribution in [2.75, 3.05) is 0 Å². The number of hydrogen-bond donors (Lipinski definition) is 2. The number of aryl methyl sites for hydroxylation is 4. The van der Waals surface area contributed by atoms with E-state index >= 15 is 0 Å². The van der Waals surface area contributed by atoms with E-state index in [4.69, 9.17) is 0 Å². The first-order valence-electron chi connectivity index (χ1n) is 10.6. The van der Waals surface area contributed by atoms with Crippen molar-refractivity contribution in [3.63, 3.8) is 0 Å². The van der Waals surface area contributed by atoms with Gasteiger partial charge in [0.25, 0.3) is 0 Å². The molecule has 0 spiro atoms. The van der Waals surface area contributed by atoms with Crippen LogP contribution in [0.2, 0.25) is 0 Å². The standard InChI is InChI=1S/C26H30N2O3S/c1-18-10-12-23(13-11-18)17-27-26(29)24(16-22-8-6-5-7-9-22)28-32(30,31)25-20(3)14-19(2)15-21(25)4/h5-15,24,28H,16-17H2,1-4H3,(H,27,29)/t24-/m0/s1. The van der Waals surface area contributed by atoms with Crippen LogP contribution in [0, 0.1) is 27.7 Å². The number of sulfonamides is 1. The molecular formula is C26H30N2O3S. The van der Waals surface area contributed by atoms with Crippen LogP contribution in [0.3, 0.4) is 0 Å². The molecule has 0 aliphatic carbocycles. The molecule has 2 N–H and O–H groups in total. The second-order valence-corrected chi connectivity index (χ2v) is 9.95. The van der Waals surface area contributed by atoms with Gasteiger partial charge in [-0.2, -0.15) is 4.72 Å². The highest BCUT2D eigenvalue weighted by molar-refractivity contribution is 7.89. The molecular weight excluding hydrogens is 420 g/mol. The first kappa shape index (κ1) is 23.7. The second-order valence-electron chi connectivity index (χ2n) is 8.29. The maximum absolute atomic E-state index is 13.3. The summed E-state index contributed by atoms with van der Waals surface area (Å²) in [6.07, 6.45) is 0.254. The molecule has 0 unspecified atom stereocenters. The first-order chi connectivity index (χ1) is 15.2. The second kappa shape index (κ2) is 10.1. The Morgan fingerprint density at radius 1 is 0.812 bits per heavy atom. The molecule has 0 aliphatic heterocycles. The Kier molecular flexibility index (Phi) is 7.48. The first-order valence-corrected chi connectivity index (χ1v) is 12.1. The molecule has 3 rings (SSSR count). The van der Waals surface area contributed by atoms with Crippen LogP contribution in [-0.4, -0.2) is 20.4 Å². The summed E-state index contributed by atoms with van der Waals surface area (Å²) >= 11 is 0. The van der Waals surface area contributed by atoms with Crippen LogP contribution in [0.4, 0.5) is 0 Å². The van der Waals surface area contributed by atoms with Crippen molar-refractivity contribution in [1.29, 1.82) is 0 Å². The van der Waals surface area contributed by atoms with Gasteiger partial charge in [-0.05, 0) is 56.4 Å². The summed E-state index contributed by atoms with van der Waals surface area (Å²) < 4.78 is 29.3. The molecule has 0 bridgehead atoms. The molecule has 5 nitrogen and oxygen atoms in total. The number of carbonyl (C=O) groups excluding carboxylic acids is 1. The van der Waals surface area contributed by atoms with Crippen LogP contribution < -0.4 is 10.0 Å². The van der Waals surface area contributed by atoms with Gasteiger partial charge in [-0.25, -0.2) is 8.42 Å². The lowest BCUT2D eigenvalue weighted by atomic mass is 10.1. The van der Waals surface area contributed by atoms with Crippen LogP contribution in [0.25, 0.3) is 0 Å².